The van der Waals surface area contributed by atoms with Crippen molar-refractivity contribution < 1.29 is 54.5 Å². The Morgan fingerprint density at radius 2 is 1.89 bits per heavy atom. The van der Waals surface area contributed by atoms with Crippen LogP contribution in [-0.4, -0.2) is 36.3 Å². The van der Waals surface area contributed by atoms with E-state index in [2.05, 4.69) is 10.1 Å². The average Bonchev–Trinajstić information content (AvgIpc) is 3.04. The second-order valence-electron chi connectivity index (χ2n) is 8.10. The van der Waals surface area contributed by atoms with E-state index >= 15 is 0 Å². The summed E-state index contributed by atoms with van der Waals surface area (Å²) in [5.41, 5.74) is 0.502. The highest BCUT2D eigenvalue weighted by Crippen LogP contribution is 2.55. The minimum atomic E-state index is -5.08. The van der Waals surface area contributed by atoms with Crippen molar-refractivity contribution in [3.8, 4) is 5.75 Å². The molecule has 1 aromatic carbocycles. The summed E-state index contributed by atoms with van der Waals surface area (Å²) < 4.78 is 105. The fourth-order valence-corrected chi connectivity index (χ4v) is 4.00. The van der Waals surface area contributed by atoms with Crippen LogP contribution >= 0.6 is 0 Å². The van der Waals surface area contributed by atoms with Gasteiger partial charge in [0.15, 0.2) is 23.4 Å². The number of nitrogens with two attached hydrogens (primary N) is 1. The number of alkyl halides is 5. The number of carbonyl (C=O) groups is 2. The molecule has 0 radical (unpaired) electrons. The molecule has 3 N–H and O–H groups in total. The first-order chi connectivity index (χ1) is 16.6. The third-order valence-corrected chi connectivity index (χ3v) is 6.01. The zero-order chi connectivity index (χ0) is 27.2. The van der Waals surface area contributed by atoms with Gasteiger partial charge in [-0.05, 0) is 13.0 Å². The Bertz CT molecular complexity index is 1190. The van der Waals surface area contributed by atoms with Crippen molar-refractivity contribution >= 4 is 17.5 Å². The minimum absolute atomic E-state index is 0.0743. The Morgan fingerprint density at radius 3 is 2.44 bits per heavy atom. The maximum atomic E-state index is 14.4. The lowest BCUT2D eigenvalue weighted by molar-refractivity contribution is -0.607. The average molecular weight is 525 g/mol. The van der Waals surface area contributed by atoms with Gasteiger partial charge in [0.2, 0.25) is 5.82 Å². The maximum absolute atomic E-state index is 14.4. The maximum Gasteiger partial charge on any atom is 0.417 e. The number of hydrogen-bond donors (Lipinski definition) is 2. The van der Waals surface area contributed by atoms with E-state index in [1.54, 1.807) is 0 Å². The van der Waals surface area contributed by atoms with E-state index in [1.165, 1.54) is 0 Å². The Morgan fingerprint density at radius 1 is 1.25 bits per heavy atom. The van der Waals surface area contributed by atoms with Crippen LogP contribution in [0.2, 0.25) is 0 Å². The molecule has 36 heavy (non-hydrogen) atoms. The van der Waals surface area contributed by atoms with Crippen molar-refractivity contribution in [2.45, 2.75) is 44.3 Å². The second kappa shape index (κ2) is 9.44. The Kier molecular flexibility index (Phi) is 7.08. The van der Waals surface area contributed by atoms with Gasteiger partial charge in [-0.3, -0.25) is 9.59 Å². The van der Waals surface area contributed by atoms with Crippen LogP contribution < -0.4 is 20.5 Å². The molecule has 4 atom stereocenters. The second-order valence-corrected chi connectivity index (χ2v) is 8.10. The standard InChI is InChI=1S/C21H18F7N3O5/c1-8-13(10-3-4-11(22)14(23)15(10)35-19(24)25)16(36-20(8,2)21(26,27)28)18(33)30-9-5-6-31(34)12(7-9)17(29)32/h3-8,13,16,19H,1-2H3,(H2,29,32)(H,30,33)/t8-,13+,16+,20-/m1/s1. The van der Waals surface area contributed by atoms with Crippen LogP contribution in [0.25, 0.3) is 0 Å². The number of benzene rings is 1. The van der Waals surface area contributed by atoms with Crippen LogP contribution in [0.3, 0.4) is 0 Å². The van der Waals surface area contributed by atoms with Gasteiger partial charge in [0, 0.05) is 29.5 Å². The smallest absolute Gasteiger partial charge is 0.417 e. The van der Waals surface area contributed by atoms with Gasteiger partial charge in [-0.15, -0.1) is 0 Å². The van der Waals surface area contributed by atoms with Crippen molar-refractivity contribution in [2.24, 2.45) is 11.7 Å². The summed E-state index contributed by atoms with van der Waals surface area (Å²) in [6.45, 7) is -2.07. The lowest BCUT2D eigenvalue weighted by atomic mass is 9.77. The number of primary amides is 1. The Balaban J connectivity index is 2.11. The molecule has 8 nitrogen and oxygen atoms in total. The lowest BCUT2D eigenvalue weighted by Crippen LogP contribution is -2.47. The molecule has 1 aliphatic heterocycles. The quantitative estimate of drug-likeness (QED) is 0.341. The van der Waals surface area contributed by atoms with E-state index in [4.69, 9.17) is 10.5 Å². The van der Waals surface area contributed by atoms with Gasteiger partial charge >= 0.3 is 18.7 Å². The molecule has 15 heteroatoms. The van der Waals surface area contributed by atoms with Crippen LogP contribution in [0.1, 0.15) is 35.8 Å². The number of nitrogens with one attached hydrogen (secondary N) is 1. The number of nitrogens with zero attached hydrogens (tertiary/aromatic N) is 1. The molecule has 1 aliphatic rings. The molecule has 2 heterocycles. The first-order valence-corrected chi connectivity index (χ1v) is 10.1. The van der Waals surface area contributed by atoms with E-state index in [9.17, 15) is 45.5 Å². The molecule has 0 saturated carbocycles. The molecule has 0 aliphatic carbocycles. The van der Waals surface area contributed by atoms with Crippen molar-refractivity contribution in [3.05, 3.63) is 58.6 Å². The highest BCUT2D eigenvalue weighted by Gasteiger charge is 2.66. The van der Waals surface area contributed by atoms with E-state index in [0.717, 1.165) is 31.3 Å². The van der Waals surface area contributed by atoms with Gasteiger partial charge in [-0.2, -0.15) is 31.1 Å². The third-order valence-electron chi connectivity index (χ3n) is 6.01. The number of anilines is 1. The number of halogens is 7. The Hall–Kier alpha value is -3.62. The van der Waals surface area contributed by atoms with E-state index < -0.39 is 76.8 Å². The van der Waals surface area contributed by atoms with Crippen LogP contribution in [0.4, 0.5) is 36.4 Å². The molecule has 1 saturated heterocycles. The molecule has 2 amide bonds. The SMILES string of the molecule is C[C@@H]1[C@@H](c2ccc(F)c(F)c2OC(F)F)[C@@H](C(=O)Nc2cc[n+]([O-])c(C(N)=O)c2)O[C@@]1(C)C(F)(F)F. The fraction of sp³-hybridized carbons (Fsp3) is 0.381. The highest BCUT2D eigenvalue weighted by atomic mass is 19.4. The largest absolute Gasteiger partial charge is 0.618 e. The topological polar surface area (TPSA) is 118 Å². The van der Waals surface area contributed by atoms with Gasteiger partial charge in [-0.1, -0.05) is 13.0 Å². The number of amides is 2. The molecule has 196 valence electrons. The van der Waals surface area contributed by atoms with Crippen molar-refractivity contribution in [2.75, 3.05) is 5.32 Å². The summed E-state index contributed by atoms with van der Waals surface area (Å²) in [7, 11) is 0. The molecule has 3 rings (SSSR count). The van der Waals surface area contributed by atoms with Gasteiger partial charge in [-0.25, -0.2) is 4.39 Å². The van der Waals surface area contributed by atoms with Crippen molar-refractivity contribution in [3.63, 3.8) is 0 Å². The summed E-state index contributed by atoms with van der Waals surface area (Å²) >= 11 is 0. The highest BCUT2D eigenvalue weighted by molar-refractivity contribution is 5.97. The van der Waals surface area contributed by atoms with E-state index in [-0.39, 0.29) is 10.4 Å². The Labute approximate surface area is 198 Å². The minimum Gasteiger partial charge on any atom is -0.618 e. The number of aromatic nitrogens is 1. The number of ether oxygens (including phenoxy) is 2. The van der Waals surface area contributed by atoms with Crippen molar-refractivity contribution in [1.82, 2.24) is 0 Å². The summed E-state index contributed by atoms with van der Waals surface area (Å²) in [4.78, 5) is 24.4. The van der Waals surface area contributed by atoms with Gasteiger partial charge in [0.05, 0.1) is 5.69 Å². The molecule has 1 aromatic heterocycles. The van der Waals surface area contributed by atoms with Gasteiger partial charge in [0.25, 0.3) is 11.6 Å². The molecule has 0 bridgehead atoms. The van der Waals surface area contributed by atoms with Gasteiger partial charge < -0.3 is 25.7 Å². The third kappa shape index (κ3) is 4.74. The zero-order valence-electron chi connectivity index (χ0n) is 18.4. The first kappa shape index (κ1) is 27.0. The summed E-state index contributed by atoms with van der Waals surface area (Å²) in [5.74, 6) is -10.8. The predicted octanol–water partition coefficient (Wildman–Crippen LogP) is 3.38. The molecule has 0 spiro atoms. The van der Waals surface area contributed by atoms with E-state index in [1.807, 2.05) is 0 Å². The lowest BCUT2D eigenvalue weighted by Gasteiger charge is -2.32. The van der Waals surface area contributed by atoms with Crippen LogP contribution in [0, 0.1) is 22.8 Å². The number of pyridine rings is 1. The van der Waals surface area contributed by atoms with Crippen molar-refractivity contribution in [1.29, 1.82) is 0 Å². The zero-order valence-corrected chi connectivity index (χ0v) is 18.4. The van der Waals surface area contributed by atoms with E-state index in [0.29, 0.717) is 13.0 Å². The molecule has 1 fully saturated rings. The van der Waals surface area contributed by atoms with Crippen LogP contribution in [-0.2, 0) is 9.53 Å². The summed E-state index contributed by atoms with van der Waals surface area (Å²) in [5, 5.41) is 13.8. The monoisotopic (exact) mass is 525 g/mol. The molecular weight excluding hydrogens is 507 g/mol. The first-order valence-electron chi connectivity index (χ1n) is 10.1. The number of rotatable bonds is 6. The number of hydrogen-bond acceptors (Lipinski definition) is 5. The van der Waals surface area contributed by atoms with Crippen LogP contribution in [0.15, 0.2) is 30.5 Å². The molecular formula is C21H18F7N3O5. The number of carbonyl (C=O) groups excluding carboxylic acids is 2. The summed E-state index contributed by atoms with van der Waals surface area (Å²) in [6.07, 6.45) is -6.38. The molecule has 2 aromatic rings. The van der Waals surface area contributed by atoms with Gasteiger partial charge in [0.1, 0.15) is 6.10 Å². The predicted molar refractivity (Wildman–Crippen MR) is 107 cm³/mol. The summed E-state index contributed by atoms with van der Waals surface area (Å²) in [6, 6.07) is 3.04. The molecule has 0 unspecified atom stereocenters. The normalized spacial score (nSPS) is 24.1. The fourth-order valence-electron chi connectivity index (χ4n) is 4.00. The van der Waals surface area contributed by atoms with Crippen LogP contribution in [0.5, 0.6) is 5.75 Å².